The van der Waals surface area contributed by atoms with Crippen LogP contribution < -0.4 is 0 Å². The number of carbonyl (C=O) groups is 2. The van der Waals surface area contributed by atoms with E-state index in [9.17, 15) is 9.59 Å². The minimum atomic E-state index is -0.104. The molecule has 1 aliphatic rings. The zero-order valence-corrected chi connectivity index (χ0v) is 17.1. The van der Waals surface area contributed by atoms with Crippen molar-refractivity contribution in [2.75, 3.05) is 19.6 Å². The molecule has 3 rings (SSSR count). The average Bonchev–Trinajstić information content (AvgIpc) is 3.13. The van der Waals surface area contributed by atoms with E-state index in [2.05, 4.69) is 4.98 Å². The van der Waals surface area contributed by atoms with Gasteiger partial charge in [0.2, 0.25) is 0 Å². The van der Waals surface area contributed by atoms with Crippen molar-refractivity contribution >= 4 is 11.8 Å². The first-order valence-corrected chi connectivity index (χ1v) is 10.3. The third kappa shape index (κ3) is 3.96. The lowest BCUT2D eigenvalue weighted by Crippen LogP contribution is -2.33. The fourth-order valence-electron chi connectivity index (χ4n) is 3.81. The molecule has 28 heavy (non-hydrogen) atoms. The van der Waals surface area contributed by atoms with Gasteiger partial charge in [0.25, 0.3) is 11.8 Å². The van der Waals surface area contributed by atoms with Crippen molar-refractivity contribution in [3.8, 4) is 0 Å². The molecule has 1 aliphatic heterocycles. The fourth-order valence-corrected chi connectivity index (χ4v) is 3.81. The second-order valence-electron chi connectivity index (χ2n) is 7.12. The Hall–Kier alpha value is -2.63. The maximum atomic E-state index is 13.3. The largest absolute Gasteiger partial charge is 0.338 e. The molecular formula is C22H30N4O2. The lowest BCUT2D eigenvalue weighted by atomic mass is 10.1. The van der Waals surface area contributed by atoms with Crippen molar-refractivity contribution in [3.63, 3.8) is 0 Å². The molecule has 0 spiro atoms. The molecule has 0 atom stereocenters. The van der Waals surface area contributed by atoms with E-state index in [0.717, 1.165) is 37.1 Å². The van der Waals surface area contributed by atoms with E-state index < -0.39 is 0 Å². The van der Waals surface area contributed by atoms with E-state index in [1.165, 1.54) is 0 Å². The molecule has 0 saturated carbocycles. The van der Waals surface area contributed by atoms with Crippen LogP contribution in [-0.2, 0) is 19.5 Å². The molecular weight excluding hydrogens is 352 g/mol. The van der Waals surface area contributed by atoms with Crippen molar-refractivity contribution in [2.24, 2.45) is 0 Å². The lowest BCUT2D eigenvalue weighted by Gasteiger charge is -2.23. The number of nitrogens with zero attached hydrogens (tertiary/aromatic N) is 4. The topological polar surface area (TPSA) is 58.4 Å². The second kappa shape index (κ2) is 9.04. The summed E-state index contributed by atoms with van der Waals surface area (Å²) in [7, 11) is 0. The van der Waals surface area contributed by atoms with Gasteiger partial charge in [-0.2, -0.15) is 0 Å². The first kappa shape index (κ1) is 20.1. The molecule has 1 aromatic heterocycles. The average molecular weight is 383 g/mol. The first-order chi connectivity index (χ1) is 13.6. The van der Waals surface area contributed by atoms with Crippen molar-refractivity contribution in [2.45, 2.75) is 53.1 Å². The summed E-state index contributed by atoms with van der Waals surface area (Å²) < 4.78 is 1.98. The summed E-state index contributed by atoms with van der Waals surface area (Å²) in [5.74, 6) is 0.233. The number of hydrogen-bond acceptors (Lipinski definition) is 3. The minimum Gasteiger partial charge on any atom is -0.338 e. The number of amides is 2. The van der Waals surface area contributed by atoms with E-state index in [0.29, 0.717) is 37.7 Å². The number of benzene rings is 1. The van der Waals surface area contributed by atoms with Crippen LogP contribution in [0, 0.1) is 0 Å². The van der Waals surface area contributed by atoms with Gasteiger partial charge < -0.3 is 14.4 Å². The van der Waals surface area contributed by atoms with E-state index in [1.54, 1.807) is 9.80 Å². The highest BCUT2D eigenvalue weighted by Gasteiger charge is 2.30. The highest BCUT2D eigenvalue weighted by molar-refractivity contribution is 5.97. The van der Waals surface area contributed by atoms with Crippen LogP contribution in [0.1, 0.15) is 66.0 Å². The van der Waals surface area contributed by atoms with Gasteiger partial charge in [0, 0.05) is 32.7 Å². The molecule has 6 heteroatoms. The van der Waals surface area contributed by atoms with Gasteiger partial charge in [-0.05, 0) is 45.6 Å². The SMILES string of the molecule is CCN(CC)C(=O)c1nc(C(=O)N(CC)Cc2ccccc2)n2c1CCCC2. The van der Waals surface area contributed by atoms with E-state index in [4.69, 9.17) is 0 Å². The van der Waals surface area contributed by atoms with Crippen LogP contribution in [-0.4, -0.2) is 50.8 Å². The highest BCUT2D eigenvalue weighted by Crippen LogP contribution is 2.23. The standard InChI is InChI=1S/C22H30N4O2/c1-4-24(5-2)21(27)19-18-14-10-11-15-26(18)20(23-19)22(28)25(6-3)16-17-12-8-7-9-13-17/h7-9,12-13H,4-6,10-11,14-16H2,1-3H3. The maximum Gasteiger partial charge on any atom is 0.290 e. The molecule has 150 valence electrons. The molecule has 0 N–H and O–H groups in total. The number of aromatic nitrogens is 2. The van der Waals surface area contributed by atoms with Gasteiger partial charge in [0.15, 0.2) is 5.82 Å². The Balaban J connectivity index is 1.94. The molecule has 1 aromatic carbocycles. The monoisotopic (exact) mass is 382 g/mol. The Kier molecular flexibility index (Phi) is 6.49. The maximum absolute atomic E-state index is 13.3. The summed E-state index contributed by atoms with van der Waals surface area (Å²) in [6.07, 6.45) is 2.83. The summed E-state index contributed by atoms with van der Waals surface area (Å²) in [6.45, 7) is 9.07. The summed E-state index contributed by atoms with van der Waals surface area (Å²) in [6, 6.07) is 9.97. The predicted octanol–water partition coefficient (Wildman–Crippen LogP) is 3.36. The lowest BCUT2D eigenvalue weighted by molar-refractivity contribution is 0.0734. The number of carbonyl (C=O) groups excluding carboxylic acids is 2. The summed E-state index contributed by atoms with van der Waals surface area (Å²) in [4.78, 5) is 34.5. The zero-order chi connectivity index (χ0) is 20.1. The van der Waals surface area contributed by atoms with Gasteiger partial charge in [-0.25, -0.2) is 4.98 Å². The normalized spacial score (nSPS) is 13.1. The molecule has 0 saturated heterocycles. The minimum absolute atomic E-state index is 0.0687. The van der Waals surface area contributed by atoms with Crippen LogP contribution in [0.5, 0.6) is 0 Å². The van der Waals surface area contributed by atoms with Crippen LogP contribution >= 0.6 is 0 Å². The van der Waals surface area contributed by atoms with Gasteiger partial charge >= 0.3 is 0 Å². The molecule has 0 radical (unpaired) electrons. The van der Waals surface area contributed by atoms with Crippen molar-refractivity contribution < 1.29 is 9.59 Å². The van der Waals surface area contributed by atoms with Gasteiger partial charge in [0.1, 0.15) is 5.69 Å². The molecule has 0 unspecified atom stereocenters. The number of hydrogen-bond donors (Lipinski definition) is 0. The van der Waals surface area contributed by atoms with Gasteiger partial charge in [-0.3, -0.25) is 9.59 Å². The third-order valence-electron chi connectivity index (χ3n) is 5.45. The Morgan fingerprint density at radius 3 is 2.29 bits per heavy atom. The second-order valence-corrected chi connectivity index (χ2v) is 7.12. The van der Waals surface area contributed by atoms with Crippen LogP contribution in [0.4, 0.5) is 0 Å². The van der Waals surface area contributed by atoms with E-state index in [-0.39, 0.29) is 11.8 Å². The smallest absolute Gasteiger partial charge is 0.290 e. The molecule has 6 nitrogen and oxygen atoms in total. The fraction of sp³-hybridized carbons (Fsp3) is 0.500. The molecule has 0 bridgehead atoms. The quantitative estimate of drug-likeness (QED) is 0.738. The zero-order valence-electron chi connectivity index (χ0n) is 17.1. The highest BCUT2D eigenvalue weighted by atomic mass is 16.2. The predicted molar refractivity (Wildman–Crippen MR) is 109 cm³/mol. The number of imidazole rings is 1. The molecule has 0 aliphatic carbocycles. The van der Waals surface area contributed by atoms with Crippen molar-refractivity contribution in [1.82, 2.24) is 19.4 Å². The Morgan fingerprint density at radius 2 is 1.64 bits per heavy atom. The Morgan fingerprint density at radius 1 is 0.964 bits per heavy atom. The number of rotatable bonds is 7. The van der Waals surface area contributed by atoms with Crippen LogP contribution in [0.25, 0.3) is 0 Å². The Labute approximate surface area is 167 Å². The van der Waals surface area contributed by atoms with Crippen LogP contribution in [0.15, 0.2) is 30.3 Å². The first-order valence-electron chi connectivity index (χ1n) is 10.3. The summed E-state index contributed by atoms with van der Waals surface area (Å²) in [5, 5.41) is 0. The summed E-state index contributed by atoms with van der Waals surface area (Å²) >= 11 is 0. The molecule has 0 fully saturated rings. The molecule has 2 amide bonds. The van der Waals surface area contributed by atoms with Crippen LogP contribution in [0.3, 0.4) is 0 Å². The molecule has 2 heterocycles. The van der Waals surface area contributed by atoms with Crippen molar-refractivity contribution in [3.05, 3.63) is 53.1 Å². The number of fused-ring (bicyclic) bond motifs is 1. The van der Waals surface area contributed by atoms with E-state index >= 15 is 0 Å². The van der Waals surface area contributed by atoms with Gasteiger partial charge in [-0.1, -0.05) is 30.3 Å². The van der Waals surface area contributed by atoms with Gasteiger partial charge in [0.05, 0.1) is 5.69 Å². The van der Waals surface area contributed by atoms with Crippen LogP contribution in [0.2, 0.25) is 0 Å². The third-order valence-corrected chi connectivity index (χ3v) is 5.45. The Bertz CT molecular complexity index is 825. The molecule has 2 aromatic rings. The summed E-state index contributed by atoms with van der Waals surface area (Å²) in [5.41, 5.74) is 2.47. The van der Waals surface area contributed by atoms with Crippen molar-refractivity contribution in [1.29, 1.82) is 0 Å². The van der Waals surface area contributed by atoms with Gasteiger partial charge in [-0.15, -0.1) is 0 Å². The van der Waals surface area contributed by atoms with E-state index in [1.807, 2.05) is 55.7 Å².